The first-order valence-corrected chi connectivity index (χ1v) is 11.8. The van der Waals surface area contributed by atoms with Crippen molar-refractivity contribution in [2.45, 2.75) is 69.0 Å². The van der Waals surface area contributed by atoms with Gasteiger partial charge in [-0.3, -0.25) is 4.68 Å². The van der Waals surface area contributed by atoms with Crippen molar-refractivity contribution in [1.82, 2.24) is 9.78 Å². The lowest BCUT2D eigenvalue weighted by molar-refractivity contribution is -0.423. The third-order valence-electron chi connectivity index (χ3n) is 6.81. The third-order valence-corrected chi connectivity index (χ3v) is 6.81. The van der Waals surface area contributed by atoms with E-state index >= 15 is 0 Å². The highest BCUT2D eigenvalue weighted by atomic mass is 19.1. The van der Waals surface area contributed by atoms with Crippen LogP contribution in [0.4, 0.5) is 9.18 Å². The topological polar surface area (TPSA) is 162 Å². The second-order valence-electron chi connectivity index (χ2n) is 9.11. The fraction of sp³-hybridized carbons (Fsp3) is 0.583. The quantitative estimate of drug-likeness (QED) is 0.286. The Balaban J connectivity index is 1.65. The Bertz CT molecular complexity index is 1120. The molecule has 13 heteroatoms. The summed E-state index contributed by atoms with van der Waals surface area (Å²) in [5.41, 5.74) is 1.39. The van der Waals surface area contributed by atoms with E-state index in [4.69, 9.17) is 18.9 Å². The lowest BCUT2D eigenvalue weighted by atomic mass is 9.93. The van der Waals surface area contributed by atoms with Crippen LogP contribution < -0.4 is 9.47 Å². The van der Waals surface area contributed by atoms with Crippen molar-refractivity contribution < 1.29 is 53.3 Å². The van der Waals surface area contributed by atoms with Gasteiger partial charge in [0.15, 0.2) is 6.10 Å². The summed E-state index contributed by atoms with van der Waals surface area (Å²) in [6.07, 6.45) is -5.57. The number of rotatable bonds is 8. The number of hydrogen-bond acceptors (Lipinski definition) is 11. The molecule has 4 N–H and O–H groups in total. The smallest absolute Gasteiger partial charge is 0.497 e. The number of carbonyl (C=O) groups is 1. The summed E-state index contributed by atoms with van der Waals surface area (Å²) in [5.74, 6) is -3.22. The Morgan fingerprint density at radius 3 is 2.57 bits per heavy atom. The van der Waals surface area contributed by atoms with Crippen LogP contribution in [0.3, 0.4) is 0 Å². The summed E-state index contributed by atoms with van der Waals surface area (Å²) >= 11 is 0. The predicted octanol–water partition coefficient (Wildman–Crippen LogP) is 0.944. The molecule has 204 valence electrons. The number of methoxy groups -OCH3 is 2. The SMILES string of the molecule is COC(=O)OC[C@H]1O[C@@](O)(Oc2nn(C3CCC3)c(C)c2Cc2ccc(OC)cc2F)[C@H](O)[C@@H](O)[C@@H]1O. The minimum absolute atomic E-state index is 0.0238. The van der Waals surface area contributed by atoms with E-state index in [0.717, 1.165) is 26.4 Å². The lowest BCUT2D eigenvalue weighted by Gasteiger charge is -2.44. The van der Waals surface area contributed by atoms with Gasteiger partial charge < -0.3 is 44.1 Å². The molecule has 1 saturated carbocycles. The lowest BCUT2D eigenvalue weighted by Crippen LogP contribution is -2.67. The van der Waals surface area contributed by atoms with Crippen LogP contribution in [0.5, 0.6) is 11.6 Å². The Morgan fingerprint density at radius 1 is 1.24 bits per heavy atom. The van der Waals surface area contributed by atoms with Crippen LogP contribution in [0.2, 0.25) is 0 Å². The molecule has 5 atom stereocenters. The number of nitrogens with zero attached hydrogens (tertiary/aromatic N) is 2. The molecule has 0 spiro atoms. The fourth-order valence-electron chi connectivity index (χ4n) is 4.33. The highest BCUT2D eigenvalue weighted by molar-refractivity contribution is 5.59. The zero-order chi connectivity index (χ0) is 26.9. The molecule has 2 heterocycles. The van der Waals surface area contributed by atoms with Crippen LogP contribution in [-0.2, 0) is 20.6 Å². The van der Waals surface area contributed by atoms with Gasteiger partial charge in [-0.1, -0.05) is 6.07 Å². The molecule has 12 nitrogen and oxygen atoms in total. The molecule has 37 heavy (non-hydrogen) atoms. The van der Waals surface area contributed by atoms with Gasteiger partial charge in [0, 0.05) is 23.7 Å². The van der Waals surface area contributed by atoms with Crippen LogP contribution in [0.25, 0.3) is 0 Å². The largest absolute Gasteiger partial charge is 0.508 e. The third kappa shape index (κ3) is 5.36. The first-order chi connectivity index (χ1) is 17.6. The summed E-state index contributed by atoms with van der Waals surface area (Å²) < 4.78 is 41.7. The zero-order valence-electron chi connectivity index (χ0n) is 20.7. The first-order valence-electron chi connectivity index (χ1n) is 11.8. The van der Waals surface area contributed by atoms with Gasteiger partial charge in [0.2, 0.25) is 5.88 Å². The Labute approximate surface area is 212 Å². The predicted molar refractivity (Wildman–Crippen MR) is 122 cm³/mol. The maximum atomic E-state index is 14.8. The van der Waals surface area contributed by atoms with E-state index in [0.29, 0.717) is 22.6 Å². The van der Waals surface area contributed by atoms with Gasteiger partial charge in [-0.15, -0.1) is 5.10 Å². The van der Waals surface area contributed by atoms with E-state index in [1.807, 2.05) is 0 Å². The summed E-state index contributed by atoms with van der Waals surface area (Å²) in [7, 11) is 2.50. The van der Waals surface area contributed by atoms with E-state index in [-0.39, 0.29) is 18.3 Å². The normalized spacial score (nSPS) is 27.9. The van der Waals surface area contributed by atoms with Crippen molar-refractivity contribution in [3.8, 4) is 11.6 Å². The van der Waals surface area contributed by atoms with Crippen LogP contribution >= 0.6 is 0 Å². The number of benzene rings is 1. The fourth-order valence-corrected chi connectivity index (χ4v) is 4.33. The van der Waals surface area contributed by atoms with E-state index in [1.165, 1.54) is 13.2 Å². The van der Waals surface area contributed by atoms with Crippen molar-refractivity contribution in [1.29, 1.82) is 0 Å². The van der Waals surface area contributed by atoms with E-state index in [9.17, 15) is 29.6 Å². The molecular formula is C24H31FN2O10. The molecule has 0 unspecified atom stereocenters. The molecule has 1 aliphatic carbocycles. The maximum absolute atomic E-state index is 14.8. The number of halogens is 1. The molecule has 1 aromatic heterocycles. The van der Waals surface area contributed by atoms with Gasteiger partial charge in [0.05, 0.1) is 20.3 Å². The first kappa shape index (κ1) is 27.1. The summed E-state index contributed by atoms with van der Waals surface area (Å²) in [4.78, 5) is 11.3. The highest BCUT2D eigenvalue weighted by Gasteiger charge is 2.56. The number of hydrogen-bond donors (Lipinski definition) is 4. The van der Waals surface area contributed by atoms with Crippen molar-refractivity contribution in [2.24, 2.45) is 0 Å². The maximum Gasteiger partial charge on any atom is 0.508 e. The highest BCUT2D eigenvalue weighted by Crippen LogP contribution is 2.38. The second-order valence-corrected chi connectivity index (χ2v) is 9.11. The Kier molecular flexibility index (Phi) is 7.90. The molecule has 2 aromatic rings. The van der Waals surface area contributed by atoms with E-state index in [2.05, 4.69) is 9.84 Å². The van der Waals surface area contributed by atoms with Crippen molar-refractivity contribution in [3.63, 3.8) is 0 Å². The van der Waals surface area contributed by atoms with Crippen LogP contribution in [-0.4, -0.2) is 87.6 Å². The minimum atomic E-state index is -2.89. The molecular weight excluding hydrogens is 495 g/mol. The average Bonchev–Trinajstić information content (AvgIpc) is 3.13. The van der Waals surface area contributed by atoms with E-state index < -0.39 is 49.0 Å². The Hall–Kier alpha value is -2.97. The number of aliphatic hydroxyl groups excluding tert-OH is 3. The average molecular weight is 527 g/mol. The summed E-state index contributed by atoms with van der Waals surface area (Å²) in [6.45, 7) is 1.16. The van der Waals surface area contributed by atoms with Crippen molar-refractivity contribution >= 4 is 6.16 Å². The van der Waals surface area contributed by atoms with Crippen LogP contribution in [0.15, 0.2) is 18.2 Å². The molecule has 1 aliphatic heterocycles. The van der Waals surface area contributed by atoms with Gasteiger partial charge >= 0.3 is 12.1 Å². The number of ether oxygens (including phenoxy) is 5. The van der Waals surface area contributed by atoms with Crippen molar-refractivity contribution in [3.05, 3.63) is 40.8 Å². The number of aliphatic hydroxyl groups is 4. The molecule has 1 aromatic carbocycles. The van der Waals surface area contributed by atoms with Gasteiger partial charge in [0.1, 0.15) is 36.5 Å². The molecule has 0 bridgehead atoms. The van der Waals surface area contributed by atoms with E-state index in [1.54, 1.807) is 23.7 Å². The molecule has 0 radical (unpaired) electrons. The second kappa shape index (κ2) is 10.8. The van der Waals surface area contributed by atoms with Crippen molar-refractivity contribution in [2.75, 3.05) is 20.8 Å². The molecule has 0 amide bonds. The molecule has 2 aliphatic rings. The van der Waals surface area contributed by atoms with Gasteiger partial charge in [0.25, 0.3) is 0 Å². The minimum Gasteiger partial charge on any atom is -0.497 e. The number of carbonyl (C=O) groups excluding carboxylic acids is 1. The zero-order valence-corrected chi connectivity index (χ0v) is 20.7. The molecule has 2 fully saturated rings. The standard InChI is InChI=1S/C24H31FN2O10/c1-12-16(9-13-7-8-15(33-2)10-17(13)25)22(26-27(12)14-5-4-6-14)37-24(32)21(30)20(29)19(28)18(36-24)11-35-23(31)34-3/h7-8,10,14,18-21,28-30,32H,4-6,9,11H2,1-3H3/t18-,19-,20+,21-,24-/m1/s1. The molecule has 4 rings (SSSR count). The van der Waals surface area contributed by atoms with Crippen LogP contribution in [0.1, 0.15) is 42.1 Å². The monoisotopic (exact) mass is 526 g/mol. The molecule has 1 saturated heterocycles. The van der Waals surface area contributed by atoms with Gasteiger partial charge in [-0.2, -0.15) is 0 Å². The van der Waals surface area contributed by atoms with Gasteiger partial charge in [-0.05, 0) is 37.8 Å². The summed E-state index contributed by atoms with van der Waals surface area (Å²) in [6, 6.07) is 4.49. The number of aromatic nitrogens is 2. The Morgan fingerprint density at radius 2 is 1.97 bits per heavy atom. The van der Waals surface area contributed by atoms with Gasteiger partial charge in [-0.25, -0.2) is 9.18 Å². The summed E-state index contributed by atoms with van der Waals surface area (Å²) in [5, 5.41) is 46.8. The van der Waals surface area contributed by atoms with Crippen LogP contribution in [0, 0.1) is 12.7 Å².